The number of carbonyl (C=O) groups excluding carboxylic acids is 1. The van der Waals surface area contributed by atoms with Crippen molar-refractivity contribution in [1.29, 1.82) is 0 Å². The maximum absolute atomic E-state index is 13.9. The molecule has 2 heterocycles. The van der Waals surface area contributed by atoms with Crippen molar-refractivity contribution in [3.05, 3.63) is 75.3 Å². The first-order chi connectivity index (χ1) is 18.5. The number of hydrogen-bond donors (Lipinski definition) is 3. The van der Waals surface area contributed by atoms with Gasteiger partial charge in [0.25, 0.3) is 5.56 Å². The maximum atomic E-state index is 13.9. The zero-order valence-electron chi connectivity index (χ0n) is 21.4. The second-order valence-electron chi connectivity index (χ2n) is 9.27. The Labute approximate surface area is 222 Å². The van der Waals surface area contributed by atoms with Crippen molar-refractivity contribution in [2.24, 2.45) is 0 Å². The molecule has 39 heavy (non-hydrogen) atoms. The van der Waals surface area contributed by atoms with E-state index in [1.807, 2.05) is 23.2 Å². The Morgan fingerprint density at radius 1 is 1.23 bits per heavy atom. The Kier molecular flexibility index (Phi) is 8.67. The summed E-state index contributed by atoms with van der Waals surface area (Å²) in [6.07, 6.45) is -3.31. The van der Waals surface area contributed by atoms with Gasteiger partial charge in [-0.1, -0.05) is 36.4 Å². The van der Waals surface area contributed by atoms with E-state index in [0.29, 0.717) is 11.6 Å². The first-order valence-electron chi connectivity index (χ1n) is 12.2. The van der Waals surface area contributed by atoms with E-state index >= 15 is 0 Å². The number of benzene rings is 2. The largest absolute Gasteiger partial charge is 0.462 e. The summed E-state index contributed by atoms with van der Waals surface area (Å²) in [7, 11) is -4.31. The van der Waals surface area contributed by atoms with E-state index < -0.39 is 68.0 Å². The topological polar surface area (TPSA) is 158 Å². The molecule has 0 radical (unpaired) electrons. The second kappa shape index (κ2) is 11.8. The highest BCUT2D eigenvalue weighted by Gasteiger charge is 2.40. The van der Waals surface area contributed by atoms with Crippen molar-refractivity contribution in [1.82, 2.24) is 14.6 Å². The number of ether oxygens (including phenoxy) is 2. The lowest BCUT2D eigenvalue weighted by molar-refractivity contribution is -0.149. The van der Waals surface area contributed by atoms with Crippen LogP contribution in [-0.2, 0) is 23.4 Å². The van der Waals surface area contributed by atoms with Crippen molar-refractivity contribution in [2.45, 2.75) is 57.8 Å². The third-order valence-corrected chi connectivity index (χ3v) is 7.50. The summed E-state index contributed by atoms with van der Waals surface area (Å²) in [4.78, 5) is 37.7. The van der Waals surface area contributed by atoms with Crippen molar-refractivity contribution < 1.29 is 37.4 Å². The van der Waals surface area contributed by atoms with Crippen molar-refractivity contribution >= 4 is 24.5 Å². The average Bonchev–Trinajstić information content (AvgIpc) is 3.25. The van der Waals surface area contributed by atoms with Gasteiger partial charge in [0, 0.05) is 11.8 Å². The van der Waals surface area contributed by atoms with Crippen molar-refractivity contribution in [2.75, 3.05) is 6.61 Å². The quantitative estimate of drug-likeness (QED) is 0.246. The van der Waals surface area contributed by atoms with Crippen LogP contribution < -0.4 is 20.9 Å². The first kappa shape index (κ1) is 28.7. The van der Waals surface area contributed by atoms with Gasteiger partial charge in [-0.2, -0.15) is 9.48 Å². The summed E-state index contributed by atoms with van der Waals surface area (Å²) in [6, 6.07) is 11.3. The van der Waals surface area contributed by atoms with E-state index in [2.05, 4.69) is 5.09 Å². The van der Waals surface area contributed by atoms with Crippen LogP contribution in [0.3, 0.4) is 0 Å². The highest BCUT2D eigenvalue weighted by Crippen LogP contribution is 2.47. The lowest BCUT2D eigenvalue weighted by Crippen LogP contribution is -2.37. The number of carbonyl (C=O) groups is 1. The summed E-state index contributed by atoms with van der Waals surface area (Å²) < 4.78 is 50.8. The summed E-state index contributed by atoms with van der Waals surface area (Å²) in [6.45, 7) is 4.28. The zero-order valence-corrected chi connectivity index (χ0v) is 22.3. The fourth-order valence-electron chi connectivity index (χ4n) is 4.00. The molecule has 3 aromatic rings. The first-order valence-corrected chi connectivity index (χ1v) is 13.7. The van der Waals surface area contributed by atoms with Crippen molar-refractivity contribution in [3.63, 3.8) is 0 Å². The molecule has 2 unspecified atom stereocenters. The van der Waals surface area contributed by atoms with Crippen LogP contribution >= 0.6 is 7.75 Å². The molecule has 210 valence electrons. The van der Waals surface area contributed by atoms with Crippen LogP contribution in [0.25, 0.3) is 10.8 Å². The van der Waals surface area contributed by atoms with Gasteiger partial charge in [0.2, 0.25) is 5.82 Å². The monoisotopic (exact) mass is 565 g/mol. The second-order valence-corrected chi connectivity index (χ2v) is 11.0. The van der Waals surface area contributed by atoms with Gasteiger partial charge in [-0.15, -0.1) is 0 Å². The number of H-pyrrole nitrogens is 1. The van der Waals surface area contributed by atoms with E-state index in [4.69, 9.17) is 18.5 Å². The number of aliphatic hydroxyl groups excluding tert-OH is 1. The maximum Gasteiger partial charge on any atom is 0.459 e. The molecular weight excluding hydrogens is 536 g/mol. The summed E-state index contributed by atoms with van der Waals surface area (Å²) >= 11 is 0. The molecule has 4 rings (SSSR count). The van der Waals surface area contributed by atoms with E-state index in [9.17, 15) is 28.4 Å². The molecule has 5 atom stereocenters. The van der Waals surface area contributed by atoms with Gasteiger partial charge in [-0.05, 0) is 32.2 Å². The van der Waals surface area contributed by atoms with E-state index in [1.54, 1.807) is 38.1 Å². The summed E-state index contributed by atoms with van der Waals surface area (Å²) in [5.41, 5.74) is -2.11. The molecule has 1 saturated heterocycles. The molecule has 0 spiro atoms. The van der Waals surface area contributed by atoms with Crippen molar-refractivity contribution in [3.8, 4) is 5.75 Å². The molecule has 0 aliphatic carbocycles. The zero-order chi connectivity index (χ0) is 28.3. The number of halogens is 1. The lowest BCUT2D eigenvalue weighted by Gasteiger charge is -2.25. The van der Waals surface area contributed by atoms with Gasteiger partial charge in [-0.25, -0.2) is 9.36 Å². The molecule has 0 saturated carbocycles. The molecule has 3 N–H and O–H groups in total. The number of aromatic amines is 1. The van der Waals surface area contributed by atoms with Gasteiger partial charge in [0.1, 0.15) is 24.1 Å². The Balaban J connectivity index is 1.55. The number of esters is 1. The van der Waals surface area contributed by atoms with E-state index in [1.165, 1.54) is 6.92 Å². The molecule has 1 aliphatic rings. The van der Waals surface area contributed by atoms with Crippen LogP contribution in [0.1, 0.15) is 33.4 Å². The molecule has 0 amide bonds. The Hall–Kier alpha value is -3.35. The summed E-state index contributed by atoms with van der Waals surface area (Å²) in [5.74, 6) is -1.67. The molecule has 1 fully saturated rings. The number of hydrogen-bond acceptors (Lipinski definition) is 9. The molecule has 1 aliphatic heterocycles. The highest BCUT2D eigenvalue weighted by molar-refractivity contribution is 7.52. The minimum absolute atomic E-state index is 0.140. The third kappa shape index (κ3) is 6.81. The SMILES string of the molecule is CC(C)OC(=O)[C@H](C)NP(=O)(OCC1O[C@@H](n2cc(F)c(=O)[nH]c2=O)C[C@H]1O)Oc1cccc2ccccc12. The normalized spacial score (nSPS) is 21.5. The third-order valence-electron chi connectivity index (χ3n) is 5.87. The average molecular weight is 565 g/mol. The molecular formula is C25H29FN3O9P. The molecule has 0 bridgehead atoms. The Morgan fingerprint density at radius 3 is 2.69 bits per heavy atom. The number of aliphatic hydroxyl groups is 1. The number of nitrogens with one attached hydrogen (secondary N) is 2. The molecule has 1 aromatic heterocycles. The lowest BCUT2D eigenvalue weighted by atomic mass is 10.1. The molecule has 14 heteroatoms. The standard InChI is InChI=1S/C25H29FN3O9P/c1-14(2)36-24(32)15(3)28-39(34,38-20-10-6-8-16-7-4-5-9-17(16)20)35-13-21-19(30)11-22(37-21)29-12-18(26)23(31)27-25(29)33/h4-10,12,14-15,19,21-22,30H,11,13H2,1-3H3,(H,28,34)(H,27,31,33)/t15-,19+,21?,22+,39?/m0/s1. The molecule has 12 nitrogen and oxygen atoms in total. The fourth-order valence-corrected chi connectivity index (χ4v) is 5.52. The number of nitrogens with zero attached hydrogens (tertiary/aromatic N) is 1. The van der Waals surface area contributed by atoms with Gasteiger partial charge < -0.3 is 19.1 Å². The Morgan fingerprint density at radius 2 is 1.95 bits per heavy atom. The van der Waals surface area contributed by atoms with Gasteiger partial charge in [-0.3, -0.25) is 23.7 Å². The Bertz CT molecular complexity index is 1500. The smallest absolute Gasteiger partial charge is 0.459 e. The number of fused-ring (bicyclic) bond motifs is 1. The van der Waals surface area contributed by atoms with Gasteiger partial charge in [0.15, 0.2) is 0 Å². The molecule has 2 aromatic carbocycles. The van der Waals surface area contributed by atoms with Crippen LogP contribution in [-0.4, -0.2) is 51.6 Å². The predicted molar refractivity (Wildman–Crippen MR) is 138 cm³/mol. The van der Waals surface area contributed by atoms with Crippen LogP contribution in [0.15, 0.2) is 58.3 Å². The van der Waals surface area contributed by atoms with Crippen LogP contribution in [0.5, 0.6) is 5.75 Å². The number of aromatic nitrogens is 2. The predicted octanol–water partition coefficient (Wildman–Crippen LogP) is 2.61. The fraction of sp³-hybridized carbons (Fsp3) is 0.400. The minimum Gasteiger partial charge on any atom is -0.462 e. The van der Waals surface area contributed by atoms with Crippen LogP contribution in [0, 0.1) is 5.82 Å². The summed E-state index contributed by atoms with van der Waals surface area (Å²) in [5, 5.41) is 14.5. The van der Waals surface area contributed by atoms with Crippen LogP contribution in [0.2, 0.25) is 0 Å². The van der Waals surface area contributed by atoms with E-state index in [-0.39, 0.29) is 12.2 Å². The van der Waals surface area contributed by atoms with Crippen LogP contribution in [0.4, 0.5) is 4.39 Å². The number of rotatable bonds is 10. The highest BCUT2D eigenvalue weighted by atomic mass is 31.2. The van der Waals surface area contributed by atoms with Gasteiger partial charge >= 0.3 is 19.4 Å². The van der Waals surface area contributed by atoms with Gasteiger partial charge in [0.05, 0.1) is 25.0 Å². The van der Waals surface area contributed by atoms with E-state index in [0.717, 1.165) is 9.95 Å². The minimum atomic E-state index is -4.31.